The minimum Gasteiger partial charge on any atom is -0.472 e. The molecule has 64 heavy (non-hydrogen) atoms. The number of nitrogens with zero attached hydrogens (tertiary/aromatic N) is 2. The average molecular weight is 942 g/mol. The molecule has 360 valence electrons. The third-order valence-electron chi connectivity index (χ3n) is 13.3. The van der Waals surface area contributed by atoms with Gasteiger partial charge in [-0.15, -0.1) is 0 Å². The Balaban J connectivity index is 1.20. The molecule has 1 saturated carbocycles. The van der Waals surface area contributed by atoms with E-state index < -0.39 is 74.3 Å². The summed E-state index contributed by atoms with van der Waals surface area (Å²) in [5, 5.41) is 7.88. The monoisotopic (exact) mass is 940 g/mol. The van der Waals surface area contributed by atoms with Crippen LogP contribution >= 0.6 is 11.6 Å². The van der Waals surface area contributed by atoms with Crippen molar-refractivity contribution in [2.75, 3.05) is 58.9 Å². The van der Waals surface area contributed by atoms with Crippen molar-refractivity contribution in [1.82, 2.24) is 15.5 Å². The summed E-state index contributed by atoms with van der Waals surface area (Å²) in [4.78, 5) is 66.8. The van der Waals surface area contributed by atoms with Crippen molar-refractivity contribution in [3.05, 3.63) is 23.2 Å². The standard InChI is InChI=1S/C45H70ClN5O12S/c1-7-9-11-13-15-17-23-51(24-18-16-14-12-10-8-2)45(64(51,57)58)22-21-34(59-6)36(26-45)62-27-37(52)48-32-19-20-33(46)35(25-32)63-30-47-40(54)38(39(53)44(5)28-60-31-61-29-44)50-41(55)43(3,4)49-42(50)56/h19-20,25,34,36,38H,7-18,21-24,26-31H2,1-6H3,(H2-,47,48,49,52,54,56)/p+1. The van der Waals surface area contributed by atoms with Crippen LogP contribution in [-0.4, -0.2) is 129 Å². The highest BCUT2D eigenvalue weighted by Crippen LogP contribution is 2.62. The fourth-order valence-corrected chi connectivity index (χ4v) is 12.9. The number of urea groups is 1. The van der Waals surface area contributed by atoms with Gasteiger partial charge in [-0.3, -0.25) is 19.2 Å². The summed E-state index contributed by atoms with van der Waals surface area (Å²) in [6.07, 6.45) is 13.1. The van der Waals surface area contributed by atoms with Gasteiger partial charge in [0.25, 0.3) is 16.7 Å². The molecule has 1 aliphatic carbocycles. The molecule has 4 atom stereocenters. The van der Waals surface area contributed by atoms with Gasteiger partial charge in [-0.1, -0.05) is 76.8 Å². The first kappa shape index (κ1) is 51.6. The summed E-state index contributed by atoms with van der Waals surface area (Å²) in [5.41, 5.74) is -2.40. The first-order chi connectivity index (χ1) is 30.4. The molecule has 1 aromatic rings. The van der Waals surface area contributed by atoms with Gasteiger partial charge in [-0.2, -0.15) is 12.3 Å². The number of anilines is 1. The maximum Gasteiger partial charge on any atom is 0.356 e. The van der Waals surface area contributed by atoms with Crippen LogP contribution in [0.25, 0.3) is 0 Å². The number of imide groups is 1. The third-order valence-corrected chi connectivity index (χ3v) is 16.8. The van der Waals surface area contributed by atoms with E-state index in [9.17, 15) is 32.4 Å². The molecule has 3 saturated heterocycles. The summed E-state index contributed by atoms with van der Waals surface area (Å²) in [7, 11) is -1.92. The van der Waals surface area contributed by atoms with E-state index in [-0.39, 0.29) is 53.8 Å². The van der Waals surface area contributed by atoms with Gasteiger partial charge < -0.3 is 39.6 Å². The van der Waals surface area contributed by atoms with Crippen molar-refractivity contribution < 1.29 is 60.0 Å². The van der Waals surface area contributed by atoms with Gasteiger partial charge in [0.05, 0.1) is 55.4 Å². The number of carbonyl (C=O) groups is 5. The number of hydrogen-bond acceptors (Lipinski definition) is 12. The van der Waals surface area contributed by atoms with Crippen molar-refractivity contribution >= 4 is 56.8 Å². The Labute approximate surface area is 383 Å². The van der Waals surface area contributed by atoms with E-state index in [4.69, 9.17) is 35.3 Å². The van der Waals surface area contributed by atoms with E-state index in [0.717, 1.165) is 64.2 Å². The largest absolute Gasteiger partial charge is 0.472 e. The van der Waals surface area contributed by atoms with E-state index in [1.165, 1.54) is 45.7 Å². The second kappa shape index (κ2) is 22.4. The number of quaternary nitrogens is 1. The van der Waals surface area contributed by atoms with Crippen LogP contribution in [0.4, 0.5) is 10.5 Å². The number of amides is 5. The number of nitrogens with one attached hydrogen (secondary N) is 3. The predicted octanol–water partition coefficient (Wildman–Crippen LogP) is 6.17. The highest BCUT2D eigenvalue weighted by atomic mass is 35.5. The molecule has 0 radical (unpaired) electrons. The van der Waals surface area contributed by atoms with Crippen LogP contribution in [0.1, 0.15) is 131 Å². The van der Waals surface area contributed by atoms with Gasteiger partial charge in [0.15, 0.2) is 18.6 Å². The second-order valence-corrected chi connectivity index (χ2v) is 21.4. The Morgan fingerprint density at radius 3 is 2.12 bits per heavy atom. The molecule has 17 nitrogen and oxygen atoms in total. The second-order valence-electron chi connectivity index (χ2n) is 18.6. The Morgan fingerprint density at radius 2 is 1.55 bits per heavy atom. The smallest absolute Gasteiger partial charge is 0.356 e. The summed E-state index contributed by atoms with van der Waals surface area (Å²) in [6.45, 7) is 8.89. The van der Waals surface area contributed by atoms with Crippen LogP contribution in [-0.2, 0) is 48.1 Å². The van der Waals surface area contributed by atoms with Gasteiger partial charge in [0.2, 0.25) is 5.91 Å². The third kappa shape index (κ3) is 11.2. The summed E-state index contributed by atoms with van der Waals surface area (Å²) in [6, 6.07) is 1.71. The minimum absolute atomic E-state index is 0.0440. The number of benzene rings is 1. The van der Waals surface area contributed by atoms with E-state index >= 15 is 0 Å². The topological polar surface area (TPSA) is 205 Å². The lowest BCUT2D eigenvalue weighted by Crippen LogP contribution is -2.60. The zero-order valence-electron chi connectivity index (χ0n) is 38.6. The van der Waals surface area contributed by atoms with Crippen LogP contribution in [0, 0.1) is 5.41 Å². The first-order valence-electron chi connectivity index (χ1n) is 23.1. The molecule has 0 aromatic heterocycles. The Morgan fingerprint density at radius 1 is 0.938 bits per heavy atom. The van der Waals surface area contributed by atoms with E-state index in [2.05, 4.69) is 29.8 Å². The molecule has 3 aliphatic heterocycles. The minimum atomic E-state index is -3.50. The summed E-state index contributed by atoms with van der Waals surface area (Å²) in [5.74, 6) is -2.93. The van der Waals surface area contributed by atoms with Crippen LogP contribution < -0.4 is 20.7 Å². The average Bonchev–Trinajstić information content (AvgIpc) is 3.53. The predicted molar refractivity (Wildman–Crippen MR) is 240 cm³/mol. The number of Topliss-reactive ketones (excluding diaryl/α,β-unsaturated/α-hetero) is 1. The van der Waals surface area contributed by atoms with E-state index in [1.807, 2.05) is 0 Å². The number of halogens is 1. The summed E-state index contributed by atoms with van der Waals surface area (Å²) >= 11 is 6.42. The quantitative estimate of drug-likeness (QED) is 0.0238. The molecule has 5 amide bonds. The zero-order valence-corrected chi connectivity index (χ0v) is 40.2. The highest BCUT2D eigenvalue weighted by Gasteiger charge is 2.86. The fraction of sp³-hybridized carbons (Fsp3) is 0.756. The number of carbonyl (C=O) groups excluding carboxylic acids is 5. The Bertz CT molecular complexity index is 1910. The molecular formula is C45H71ClN5O12S+. The van der Waals surface area contributed by atoms with Crippen molar-refractivity contribution in [3.8, 4) is 5.75 Å². The SMILES string of the molecule is CCCCCCCC[N+]1(CCCCCCCC)C2(CCC(OC)C(OCC(=O)Nc3ccc(Cl)c(OCNC(=O)C(C(=O)C4(C)COCOC4)N4C(=O)NC(C)(C)C4=O)c3)C2)S1(=O)=O. The van der Waals surface area contributed by atoms with Crippen molar-refractivity contribution in [3.63, 3.8) is 0 Å². The van der Waals surface area contributed by atoms with E-state index in [0.29, 0.717) is 36.5 Å². The lowest BCUT2D eigenvalue weighted by atomic mass is 9.82. The molecule has 19 heteroatoms. The number of methoxy groups -OCH3 is 1. The van der Waals surface area contributed by atoms with Crippen molar-refractivity contribution in [2.45, 2.75) is 160 Å². The summed E-state index contributed by atoms with van der Waals surface area (Å²) < 4.78 is 57.1. The molecule has 3 N–H and O–H groups in total. The molecule has 1 aromatic carbocycles. The van der Waals surface area contributed by atoms with Crippen molar-refractivity contribution in [1.29, 1.82) is 0 Å². The number of unbranched alkanes of at least 4 members (excludes halogenated alkanes) is 10. The van der Waals surface area contributed by atoms with Gasteiger partial charge >= 0.3 is 16.1 Å². The molecule has 3 heterocycles. The van der Waals surface area contributed by atoms with Crippen LogP contribution in [0.5, 0.6) is 5.75 Å². The van der Waals surface area contributed by atoms with Gasteiger partial charge in [0, 0.05) is 25.3 Å². The van der Waals surface area contributed by atoms with E-state index in [1.54, 1.807) is 13.2 Å². The zero-order chi connectivity index (χ0) is 46.8. The molecule has 4 aliphatic rings. The molecule has 4 fully saturated rings. The lowest BCUT2D eigenvalue weighted by Gasteiger charge is -2.36. The van der Waals surface area contributed by atoms with Gasteiger partial charge in [-0.25, -0.2) is 9.69 Å². The first-order valence-corrected chi connectivity index (χ1v) is 24.9. The van der Waals surface area contributed by atoms with Gasteiger partial charge in [-0.05, 0) is 65.0 Å². The van der Waals surface area contributed by atoms with Crippen LogP contribution in [0.3, 0.4) is 0 Å². The molecule has 4 unspecified atom stereocenters. The van der Waals surface area contributed by atoms with Gasteiger partial charge in [0.1, 0.15) is 24.7 Å². The number of ketones is 1. The normalized spacial score (nSPS) is 24.5. The van der Waals surface area contributed by atoms with Crippen LogP contribution in [0.2, 0.25) is 5.02 Å². The molecule has 5 rings (SSSR count). The Kier molecular flexibility index (Phi) is 18.1. The molecular weight excluding hydrogens is 870 g/mol. The number of rotatable bonds is 26. The maximum atomic E-state index is 14.3. The lowest BCUT2D eigenvalue weighted by molar-refractivity contribution is -0.779. The molecule has 0 bridgehead atoms. The molecule has 1 spiro atoms. The number of sulfonamides is 1. The Hall–Kier alpha value is -3.39. The highest BCUT2D eigenvalue weighted by molar-refractivity contribution is 7.92. The van der Waals surface area contributed by atoms with Crippen molar-refractivity contribution in [2.24, 2.45) is 5.41 Å². The maximum absolute atomic E-state index is 14.3. The number of hydrogen-bond donors (Lipinski definition) is 3. The van der Waals surface area contributed by atoms with Crippen LogP contribution in [0.15, 0.2) is 18.2 Å². The number of ether oxygens (including phenoxy) is 5. The fourth-order valence-electron chi connectivity index (χ4n) is 9.57.